The third-order valence-electron chi connectivity index (χ3n) is 7.10. The molecule has 5 nitrogen and oxygen atoms in total. The number of ether oxygens (including phenoxy) is 2. The first-order chi connectivity index (χ1) is 13.7. The minimum atomic E-state index is -0.597. The maximum absolute atomic E-state index is 12.8. The number of allylic oxidation sites excluding steroid dienone is 3. The number of aliphatic hydroxyl groups excluding tert-OH is 1. The van der Waals surface area contributed by atoms with Crippen molar-refractivity contribution in [3.8, 4) is 0 Å². The first kappa shape index (κ1) is 22.1. The lowest BCUT2D eigenvalue weighted by Crippen LogP contribution is -2.42. The highest BCUT2D eigenvalue weighted by Gasteiger charge is 2.42. The Bertz CT molecular complexity index is 677. The van der Waals surface area contributed by atoms with E-state index < -0.39 is 11.5 Å². The van der Waals surface area contributed by atoms with Gasteiger partial charge in [-0.3, -0.25) is 9.59 Å². The Hall–Kier alpha value is -1.62. The SMILES string of the molecule is CCC(C)(C)C(=O)O[C@H]1CCC=C2C=C[C@H](C)C(CC[C@@H]3C[C@@H](O)CC(=O)O3)C21. The molecular weight excluding hydrogens is 368 g/mol. The highest BCUT2D eigenvalue weighted by molar-refractivity contribution is 5.76. The Morgan fingerprint density at radius 1 is 1.34 bits per heavy atom. The van der Waals surface area contributed by atoms with Gasteiger partial charge in [0.1, 0.15) is 12.2 Å². The molecule has 0 amide bonds. The van der Waals surface area contributed by atoms with Crippen LogP contribution < -0.4 is 0 Å². The van der Waals surface area contributed by atoms with Crippen LogP contribution in [0.3, 0.4) is 0 Å². The fourth-order valence-electron chi connectivity index (χ4n) is 4.81. The van der Waals surface area contributed by atoms with Crippen LogP contribution in [0.1, 0.15) is 72.6 Å². The molecule has 1 saturated heterocycles. The molecule has 2 aliphatic carbocycles. The highest BCUT2D eigenvalue weighted by atomic mass is 16.6. The molecule has 6 atom stereocenters. The van der Waals surface area contributed by atoms with E-state index in [1.807, 2.05) is 20.8 Å². The van der Waals surface area contributed by atoms with Gasteiger partial charge in [0, 0.05) is 12.3 Å². The molecule has 162 valence electrons. The monoisotopic (exact) mass is 404 g/mol. The van der Waals surface area contributed by atoms with E-state index in [1.54, 1.807) is 0 Å². The van der Waals surface area contributed by atoms with Crippen molar-refractivity contribution in [1.29, 1.82) is 0 Å². The molecule has 5 heteroatoms. The summed E-state index contributed by atoms with van der Waals surface area (Å²) in [5, 5.41) is 9.89. The Morgan fingerprint density at radius 3 is 2.79 bits per heavy atom. The van der Waals surface area contributed by atoms with Crippen LogP contribution in [-0.4, -0.2) is 35.4 Å². The lowest BCUT2D eigenvalue weighted by atomic mass is 9.66. The molecule has 0 spiro atoms. The number of carbonyl (C=O) groups excluding carboxylic acids is 2. The number of aliphatic hydroxyl groups is 1. The number of rotatable bonds is 6. The van der Waals surface area contributed by atoms with Crippen molar-refractivity contribution in [3.05, 3.63) is 23.8 Å². The van der Waals surface area contributed by atoms with E-state index >= 15 is 0 Å². The second kappa shape index (κ2) is 9.03. The van der Waals surface area contributed by atoms with Crippen LogP contribution in [0.5, 0.6) is 0 Å². The van der Waals surface area contributed by atoms with E-state index in [4.69, 9.17) is 9.47 Å². The maximum atomic E-state index is 12.8. The predicted molar refractivity (Wildman–Crippen MR) is 111 cm³/mol. The summed E-state index contributed by atoms with van der Waals surface area (Å²) in [7, 11) is 0. The van der Waals surface area contributed by atoms with Gasteiger partial charge < -0.3 is 14.6 Å². The van der Waals surface area contributed by atoms with Crippen LogP contribution in [-0.2, 0) is 19.1 Å². The largest absolute Gasteiger partial charge is 0.462 e. The first-order valence-corrected chi connectivity index (χ1v) is 11.2. The van der Waals surface area contributed by atoms with Gasteiger partial charge in [-0.25, -0.2) is 0 Å². The number of fused-ring (bicyclic) bond motifs is 1. The van der Waals surface area contributed by atoms with Crippen LogP contribution in [0.15, 0.2) is 23.8 Å². The summed E-state index contributed by atoms with van der Waals surface area (Å²) < 4.78 is 11.5. The molecule has 1 fully saturated rings. The average molecular weight is 405 g/mol. The van der Waals surface area contributed by atoms with Crippen LogP contribution in [0, 0.1) is 23.2 Å². The van der Waals surface area contributed by atoms with Gasteiger partial charge in [-0.15, -0.1) is 0 Å². The molecule has 0 aromatic carbocycles. The predicted octanol–water partition coefficient (Wildman–Crippen LogP) is 4.34. The van der Waals surface area contributed by atoms with Crippen molar-refractivity contribution in [2.45, 2.75) is 91.0 Å². The summed E-state index contributed by atoms with van der Waals surface area (Å²) in [5.74, 6) is 0.449. The van der Waals surface area contributed by atoms with Gasteiger partial charge in [-0.1, -0.05) is 32.1 Å². The topological polar surface area (TPSA) is 72.8 Å². The van der Waals surface area contributed by atoms with Gasteiger partial charge in [-0.2, -0.15) is 0 Å². The molecule has 0 radical (unpaired) electrons. The van der Waals surface area contributed by atoms with Crippen LogP contribution in [0.2, 0.25) is 0 Å². The van der Waals surface area contributed by atoms with Gasteiger partial charge in [0.15, 0.2) is 0 Å². The molecule has 0 bridgehead atoms. The van der Waals surface area contributed by atoms with Crippen molar-refractivity contribution in [2.75, 3.05) is 0 Å². The van der Waals surface area contributed by atoms with Crippen molar-refractivity contribution in [3.63, 3.8) is 0 Å². The third kappa shape index (κ3) is 5.11. The smallest absolute Gasteiger partial charge is 0.311 e. The quantitative estimate of drug-likeness (QED) is 0.667. The molecule has 3 rings (SSSR count). The molecule has 1 N–H and O–H groups in total. The zero-order valence-corrected chi connectivity index (χ0v) is 18.2. The number of carbonyl (C=O) groups is 2. The summed E-state index contributed by atoms with van der Waals surface area (Å²) in [5.41, 5.74) is 0.798. The lowest BCUT2D eigenvalue weighted by Gasteiger charge is -2.42. The molecule has 3 aliphatic rings. The van der Waals surface area contributed by atoms with Gasteiger partial charge in [0.05, 0.1) is 17.9 Å². The molecule has 29 heavy (non-hydrogen) atoms. The lowest BCUT2D eigenvalue weighted by molar-refractivity contribution is -0.165. The number of cyclic esters (lactones) is 1. The Kier molecular flexibility index (Phi) is 6.87. The summed E-state index contributed by atoms with van der Waals surface area (Å²) in [6, 6.07) is 0. The van der Waals surface area contributed by atoms with E-state index in [2.05, 4.69) is 25.2 Å². The summed E-state index contributed by atoms with van der Waals surface area (Å²) in [4.78, 5) is 24.4. The standard InChI is InChI=1S/C24H36O5/c1-5-24(3,4)23(27)29-20-8-6-7-16-10-9-15(2)19(22(16)20)12-11-18-13-17(25)14-21(26)28-18/h7,9-10,15,17-20,22,25H,5-6,8,11-14H2,1-4H3/t15-,17+,18+,19?,20-,22?/m0/s1. The number of esters is 2. The first-order valence-electron chi connectivity index (χ1n) is 11.2. The third-order valence-corrected chi connectivity index (χ3v) is 7.10. The second-order valence-corrected chi connectivity index (χ2v) is 9.65. The number of hydrogen-bond donors (Lipinski definition) is 1. The van der Waals surface area contributed by atoms with Gasteiger partial charge in [0.2, 0.25) is 0 Å². The normalized spacial score (nSPS) is 34.8. The molecule has 1 heterocycles. The van der Waals surface area contributed by atoms with Crippen LogP contribution in [0.4, 0.5) is 0 Å². The van der Waals surface area contributed by atoms with Crippen molar-refractivity contribution in [2.24, 2.45) is 23.2 Å². The summed E-state index contributed by atoms with van der Waals surface area (Å²) >= 11 is 0. The second-order valence-electron chi connectivity index (χ2n) is 9.65. The fourth-order valence-corrected chi connectivity index (χ4v) is 4.81. The van der Waals surface area contributed by atoms with Gasteiger partial charge in [0.25, 0.3) is 0 Å². The summed E-state index contributed by atoms with van der Waals surface area (Å²) in [6.07, 6.45) is 10.5. The van der Waals surface area contributed by atoms with Crippen molar-refractivity contribution >= 4 is 11.9 Å². The zero-order valence-electron chi connectivity index (χ0n) is 18.2. The van der Waals surface area contributed by atoms with Crippen LogP contribution in [0.25, 0.3) is 0 Å². The molecule has 0 aromatic rings. The molecule has 0 saturated carbocycles. The van der Waals surface area contributed by atoms with Crippen molar-refractivity contribution < 1.29 is 24.2 Å². The Morgan fingerprint density at radius 2 is 2.10 bits per heavy atom. The fraction of sp³-hybridized carbons (Fsp3) is 0.750. The zero-order chi connectivity index (χ0) is 21.2. The molecular formula is C24H36O5. The minimum Gasteiger partial charge on any atom is -0.462 e. The molecule has 1 aliphatic heterocycles. The molecule has 2 unspecified atom stereocenters. The van der Waals surface area contributed by atoms with E-state index in [9.17, 15) is 14.7 Å². The molecule has 0 aromatic heterocycles. The van der Waals surface area contributed by atoms with Gasteiger partial charge in [-0.05, 0) is 63.4 Å². The van der Waals surface area contributed by atoms with E-state index in [-0.39, 0.29) is 36.5 Å². The maximum Gasteiger partial charge on any atom is 0.311 e. The summed E-state index contributed by atoms with van der Waals surface area (Å²) in [6.45, 7) is 8.11. The van der Waals surface area contributed by atoms with Crippen LogP contribution >= 0.6 is 0 Å². The van der Waals surface area contributed by atoms with E-state index in [0.29, 0.717) is 18.3 Å². The number of hydrogen-bond acceptors (Lipinski definition) is 5. The van der Waals surface area contributed by atoms with Crippen molar-refractivity contribution in [1.82, 2.24) is 0 Å². The Balaban J connectivity index is 1.72. The van der Waals surface area contributed by atoms with E-state index in [0.717, 1.165) is 32.1 Å². The van der Waals surface area contributed by atoms with E-state index in [1.165, 1.54) is 5.57 Å². The van der Waals surface area contributed by atoms with Gasteiger partial charge >= 0.3 is 11.9 Å². The minimum absolute atomic E-state index is 0.0970. The Labute approximate surface area is 174 Å². The average Bonchev–Trinajstić information content (AvgIpc) is 2.66. The highest BCUT2D eigenvalue weighted by Crippen LogP contribution is 2.44.